The Bertz CT molecular complexity index is 572. The molecule has 0 aliphatic rings. The molecule has 0 aliphatic carbocycles. The molecule has 0 fully saturated rings. The van der Waals surface area contributed by atoms with Crippen LogP contribution in [-0.2, 0) is 6.54 Å². The van der Waals surface area contributed by atoms with Crippen molar-refractivity contribution in [3.63, 3.8) is 0 Å². The highest BCUT2D eigenvalue weighted by atomic mass is 32.1. The van der Waals surface area contributed by atoms with Gasteiger partial charge < -0.3 is 10.8 Å². The second-order valence-electron chi connectivity index (χ2n) is 4.56. The van der Waals surface area contributed by atoms with Gasteiger partial charge in [0.15, 0.2) is 0 Å². The van der Waals surface area contributed by atoms with E-state index in [1.807, 2.05) is 42.6 Å². The highest BCUT2D eigenvalue weighted by Crippen LogP contribution is 2.27. The van der Waals surface area contributed by atoms with Crippen LogP contribution in [0.1, 0.15) is 34.6 Å². The van der Waals surface area contributed by atoms with Crippen molar-refractivity contribution in [2.75, 3.05) is 0 Å². The zero-order chi connectivity index (χ0) is 13.8. The van der Waals surface area contributed by atoms with E-state index in [1.54, 1.807) is 18.3 Å². The Kier molecular flexibility index (Phi) is 4.35. The Balaban J connectivity index is 2.21. The molecule has 4 heteroatoms. The fraction of sp³-hybridized carbons (Fsp3) is 0.267. The lowest BCUT2D eigenvalue weighted by Gasteiger charge is -2.12. The quantitative estimate of drug-likeness (QED) is 0.665. The van der Waals surface area contributed by atoms with Gasteiger partial charge in [-0.05, 0) is 42.0 Å². The zero-order valence-corrected chi connectivity index (χ0v) is 11.9. The van der Waals surface area contributed by atoms with Gasteiger partial charge in [-0.1, -0.05) is 24.3 Å². The van der Waals surface area contributed by atoms with Gasteiger partial charge in [0.05, 0.1) is 12.4 Å². The van der Waals surface area contributed by atoms with Gasteiger partial charge in [-0.3, -0.25) is 4.99 Å². The van der Waals surface area contributed by atoms with Crippen LogP contribution < -0.4 is 5.73 Å². The lowest BCUT2D eigenvalue weighted by molar-refractivity contribution is 0.224. The molecule has 1 aromatic heterocycles. The highest BCUT2D eigenvalue weighted by Gasteiger charge is 2.12. The van der Waals surface area contributed by atoms with Gasteiger partial charge in [0, 0.05) is 4.88 Å². The molecule has 19 heavy (non-hydrogen) atoms. The van der Waals surface area contributed by atoms with Gasteiger partial charge in [0.2, 0.25) is 0 Å². The van der Waals surface area contributed by atoms with Crippen LogP contribution in [0.15, 0.2) is 40.7 Å². The molecule has 3 N–H and O–H groups in total. The number of aryl methyl sites for hydroxylation is 1. The van der Waals surface area contributed by atoms with Crippen LogP contribution in [-0.4, -0.2) is 10.9 Å². The van der Waals surface area contributed by atoms with Crippen LogP contribution in [0.25, 0.3) is 0 Å². The Labute approximate surface area is 117 Å². The lowest BCUT2D eigenvalue weighted by Crippen LogP contribution is -2.06. The molecule has 1 aromatic carbocycles. The van der Waals surface area contributed by atoms with Crippen LogP contribution in [0.4, 0.5) is 0 Å². The molecule has 2 rings (SSSR count). The minimum atomic E-state index is -0.549. The summed E-state index contributed by atoms with van der Waals surface area (Å²) in [6.45, 7) is 4.40. The monoisotopic (exact) mass is 274 g/mol. The summed E-state index contributed by atoms with van der Waals surface area (Å²) in [5, 5.41) is 12.2. The maximum Gasteiger partial charge on any atom is 0.113 e. The predicted molar refractivity (Wildman–Crippen MR) is 80.6 cm³/mol. The molecule has 3 nitrogen and oxygen atoms in total. The normalized spacial score (nSPS) is 13.5. The second-order valence-corrected chi connectivity index (χ2v) is 5.54. The number of hydrogen-bond donors (Lipinski definition) is 2. The number of rotatable bonds is 4. The number of aliphatic imine (C=N–C) groups is 1. The van der Waals surface area contributed by atoms with Crippen LogP contribution in [0.2, 0.25) is 0 Å². The number of thiophene rings is 1. The molecule has 0 spiro atoms. The van der Waals surface area contributed by atoms with Crippen molar-refractivity contribution in [2.24, 2.45) is 10.7 Å². The van der Waals surface area contributed by atoms with Crippen LogP contribution in [0, 0.1) is 6.92 Å². The zero-order valence-electron chi connectivity index (χ0n) is 11.1. The maximum absolute atomic E-state index is 10.3. The minimum absolute atomic E-state index is 0.549. The number of nitrogens with two attached hydrogens (primary N) is 1. The first kappa shape index (κ1) is 13.8. The molecular weight excluding hydrogens is 256 g/mol. The van der Waals surface area contributed by atoms with Crippen molar-refractivity contribution in [1.82, 2.24) is 0 Å². The third kappa shape index (κ3) is 3.43. The van der Waals surface area contributed by atoms with E-state index in [1.165, 1.54) is 0 Å². The van der Waals surface area contributed by atoms with E-state index >= 15 is 0 Å². The van der Waals surface area contributed by atoms with E-state index in [-0.39, 0.29) is 0 Å². The molecule has 2 aromatic rings. The molecule has 1 heterocycles. The molecule has 0 aliphatic heterocycles. The molecule has 0 saturated heterocycles. The summed E-state index contributed by atoms with van der Waals surface area (Å²) in [6.07, 6.45) is -0.549. The van der Waals surface area contributed by atoms with Gasteiger partial charge in [-0.15, -0.1) is 11.3 Å². The number of hydrogen-bond acceptors (Lipinski definition) is 3. The van der Waals surface area contributed by atoms with E-state index in [9.17, 15) is 5.11 Å². The molecule has 0 radical (unpaired) electrons. The Morgan fingerprint density at radius 2 is 2.21 bits per heavy atom. The summed E-state index contributed by atoms with van der Waals surface area (Å²) in [5.74, 6) is 0.585. The summed E-state index contributed by atoms with van der Waals surface area (Å²) in [4.78, 5) is 5.18. The van der Waals surface area contributed by atoms with Crippen molar-refractivity contribution in [2.45, 2.75) is 26.5 Å². The van der Waals surface area contributed by atoms with Crippen molar-refractivity contribution >= 4 is 17.2 Å². The van der Waals surface area contributed by atoms with Crippen LogP contribution >= 0.6 is 11.3 Å². The number of benzene rings is 1. The molecule has 0 saturated carbocycles. The first-order chi connectivity index (χ1) is 9.08. The van der Waals surface area contributed by atoms with Crippen LogP contribution in [0.3, 0.4) is 0 Å². The van der Waals surface area contributed by atoms with Crippen molar-refractivity contribution < 1.29 is 5.11 Å². The maximum atomic E-state index is 10.3. The molecule has 100 valence electrons. The fourth-order valence-corrected chi connectivity index (χ4v) is 2.62. The molecule has 1 unspecified atom stereocenters. The molecule has 0 amide bonds. The molecular formula is C15H18N2OS. The Morgan fingerprint density at radius 3 is 2.79 bits per heavy atom. The number of nitrogens with zero attached hydrogens (tertiary/aromatic N) is 1. The average molecular weight is 274 g/mol. The third-order valence-corrected chi connectivity index (χ3v) is 3.92. The summed E-state index contributed by atoms with van der Waals surface area (Å²) in [6, 6.07) is 9.87. The molecule has 0 bridgehead atoms. The predicted octanol–water partition coefficient (Wildman–Crippen LogP) is 3.02. The lowest BCUT2D eigenvalue weighted by atomic mass is 10.0. The van der Waals surface area contributed by atoms with Gasteiger partial charge in [0.1, 0.15) is 6.10 Å². The second kappa shape index (κ2) is 5.99. The summed E-state index contributed by atoms with van der Waals surface area (Å²) < 4.78 is 0. The van der Waals surface area contributed by atoms with E-state index in [0.29, 0.717) is 12.4 Å². The largest absolute Gasteiger partial charge is 0.388 e. The van der Waals surface area contributed by atoms with Gasteiger partial charge in [-0.2, -0.15) is 0 Å². The Hall–Kier alpha value is -1.65. The van der Waals surface area contributed by atoms with Gasteiger partial charge >= 0.3 is 0 Å². The van der Waals surface area contributed by atoms with Crippen molar-refractivity contribution in [3.8, 4) is 0 Å². The van der Waals surface area contributed by atoms with E-state index < -0.39 is 6.10 Å². The van der Waals surface area contributed by atoms with Crippen molar-refractivity contribution in [3.05, 3.63) is 57.3 Å². The molecule has 1 atom stereocenters. The third-order valence-electron chi connectivity index (χ3n) is 2.99. The van der Waals surface area contributed by atoms with Crippen molar-refractivity contribution in [1.29, 1.82) is 0 Å². The number of aliphatic hydroxyl groups is 1. The summed E-state index contributed by atoms with van der Waals surface area (Å²) in [7, 11) is 0. The average Bonchev–Trinajstić information content (AvgIpc) is 2.90. The topological polar surface area (TPSA) is 58.6 Å². The van der Waals surface area contributed by atoms with E-state index in [2.05, 4.69) is 4.99 Å². The first-order valence-electron chi connectivity index (χ1n) is 6.15. The van der Waals surface area contributed by atoms with E-state index in [0.717, 1.165) is 21.6 Å². The highest BCUT2D eigenvalue weighted by molar-refractivity contribution is 7.10. The van der Waals surface area contributed by atoms with Gasteiger partial charge in [0.25, 0.3) is 0 Å². The minimum Gasteiger partial charge on any atom is -0.388 e. The van der Waals surface area contributed by atoms with Gasteiger partial charge in [-0.25, -0.2) is 0 Å². The Morgan fingerprint density at radius 1 is 1.42 bits per heavy atom. The standard InChI is InChI=1S/C15H18N2OS/c1-10-8-12(15(18)14-4-3-7-19-14)5-6-13(10)9-17-11(2)16/h3-8,15,18H,9H2,1-2H3,(H2,16,17). The van der Waals surface area contributed by atoms with E-state index in [4.69, 9.17) is 5.73 Å². The van der Waals surface area contributed by atoms with Crippen LogP contribution in [0.5, 0.6) is 0 Å². The SMILES string of the molecule is CC(N)=NCc1ccc(C(O)c2cccs2)cc1C. The first-order valence-corrected chi connectivity index (χ1v) is 7.03. The fourth-order valence-electron chi connectivity index (χ4n) is 1.89. The number of aliphatic hydroxyl groups excluding tert-OH is 1. The summed E-state index contributed by atoms with van der Waals surface area (Å²) >= 11 is 1.56. The number of amidine groups is 1. The smallest absolute Gasteiger partial charge is 0.113 e. The summed E-state index contributed by atoms with van der Waals surface area (Å²) in [5.41, 5.74) is 8.71.